The summed E-state index contributed by atoms with van der Waals surface area (Å²) in [4.78, 5) is 10.0. The van der Waals surface area contributed by atoms with E-state index in [4.69, 9.17) is 5.26 Å². The molecular formula is C11H12FN3O2. The quantitative estimate of drug-likeness (QED) is 0.468. The standard InChI is InChI=1S/C11H12FN3O2/c12-9-4-5-10(11(8-9)15(16)17)14-7-3-1-2-6-13/h4-5,8,14H,1-3,7H2. The lowest BCUT2D eigenvalue weighted by Gasteiger charge is -2.06. The van der Waals surface area contributed by atoms with Crippen molar-refractivity contribution in [3.05, 3.63) is 34.1 Å². The minimum atomic E-state index is -0.633. The highest BCUT2D eigenvalue weighted by Gasteiger charge is 2.13. The Bertz CT molecular complexity index is 443. The summed E-state index contributed by atoms with van der Waals surface area (Å²) in [6.45, 7) is 0.522. The second kappa shape index (κ2) is 6.43. The van der Waals surface area contributed by atoms with Crippen molar-refractivity contribution in [3.8, 4) is 6.07 Å². The highest BCUT2D eigenvalue weighted by molar-refractivity contribution is 5.61. The third kappa shape index (κ3) is 4.07. The summed E-state index contributed by atoms with van der Waals surface area (Å²) in [5.41, 5.74) is 0.0265. The second-order valence-corrected chi connectivity index (χ2v) is 3.46. The van der Waals surface area contributed by atoms with E-state index in [0.29, 0.717) is 18.7 Å². The molecule has 0 unspecified atom stereocenters. The van der Waals surface area contributed by atoms with E-state index in [1.54, 1.807) is 0 Å². The van der Waals surface area contributed by atoms with Gasteiger partial charge in [0.15, 0.2) is 0 Å². The number of halogens is 1. The fourth-order valence-corrected chi connectivity index (χ4v) is 1.36. The molecule has 1 aromatic rings. The van der Waals surface area contributed by atoms with Gasteiger partial charge in [-0.25, -0.2) is 4.39 Å². The molecule has 0 aliphatic rings. The summed E-state index contributed by atoms with van der Waals surface area (Å²) in [5.74, 6) is -0.633. The molecule has 17 heavy (non-hydrogen) atoms. The van der Waals surface area contributed by atoms with Gasteiger partial charge < -0.3 is 5.32 Å². The maximum atomic E-state index is 12.8. The first-order chi connectivity index (χ1) is 8.15. The number of rotatable bonds is 6. The predicted octanol–water partition coefficient (Wildman–Crippen LogP) is 2.84. The van der Waals surface area contributed by atoms with E-state index >= 15 is 0 Å². The van der Waals surface area contributed by atoms with Crippen molar-refractivity contribution in [3.63, 3.8) is 0 Å². The van der Waals surface area contributed by atoms with Gasteiger partial charge in [-0.05, 0) is 25.0 Å². The largest absolute Gasteiger partial charge is 0.379 e. The number of anilines is 1. The predicted molar refractivity (Wildman–Crippen MR) is 61.0 cm³/mol. The Morgan fingerprint density at radius 1 is 1.47 bits per heavy atom. The van der Waals surface area contributed by atoms with Crippen LogP contribution in [0.2, 0.25) is 0 Å². The molecule has 0 radical (unpaired) electrons. The van der Waals surface area contributed by atoms with Crippen molar-refractivity contribution in [2.24, 2.45) is 0 Å². The molecule has 0 aliphatic heterocycles. The van der Waals surface area contributed by atoms with Crippen LogP contribution in [0, 0.1) is 27.3 Å². The number of hydrogen-bond acceptors (Lipinski definition) is 4. The van der Waals surface area contributed by atoms with Gasteiger partial charge in [-0.1, -0.05) is 0 Å². The molecule has 0 saturated heterocycles. The molecule has 1 aromatic carbocycles. The fraction of sp³-hybridized carbons (Fsp3) is 0.364. The minimum Gasteiger partial charge on any atom is -0.379 e. The van der Waals surface area contributed by atoms with Crippen molar-refractivity contribution in [2.45, 2.75) is 19.3 Å². The maximum absolute atomic E-state index is 12.8. The Hall–Kier alpha value is -2.16. The Kier molecular flexibility index (Phi) is 4.88. The SMILES string of the molecule is N#CCCCCNc1ccc(F)cc1[N+](=O)[O-]. The van der Waals surface area contributed by atoms with Crippen LogP contribution in [-0.4, -0.2) is 11.5 Å². The summed E-state index contributed by atoms with van der Waals surface area (Å²) in [7, 11) is 0. The van der Waals surface area contributed by atoms with Crippen molar-refractivity contribution >= 4 is 11.4 Å². The molecule has 0 aliphatic carbocycles. The summed E-state index contributed by atoms with van der Waals surface area (Å²) in [5, 5.41) is 21.9. The van der Waals surface area contributed by atoms with Crippen LogP contribution in [0.4, 0.5) is 15.8 Å². The van der Waals surface area contributed by atoms with Crippen LogP contribution in [-0.2, 0) is 0 Å². The van der Waals surface area contributed by atoms with Crippen LogP contribution >= 0.6 is 0 Å². The third-order valence-electron chi connectivity index (χ3n) is 2.19. The summed E-state index contributed by atoms with van der Waals surface area (Å²) < 4.78 is 12.8. The van der Waals surface area contributed by atoms with Crippen molar-refractivity contribution < 1.29 is 9.31 Å². The van der Waals surface area contributed by atoms with Gasteiger partial charge in [-0.15, -0.1) is 0 Å². The molecule has 0 spiro atoms. The topological polar surface area (TPSA) is 79.0 Å². The van der Waals surface area contributed by atoms with Crippen LogP contribution in [0.3, 0.4) is 0 Å². The molecule has 0 bridgehead atoms. The fourth-order valence-electron chi connectivity index (χ4n) is 1.36. The number of nitrogens with one attached hydrogen (secondary N) is 1. The first-order valence-electron chi connectivity index (χ1n) is 5.20. The van der Waals surface area contributed by atoms with Gasteiger partial charge in [0.2, 0.25) is 0 Å². The van der Waals surface area contributed by atoms with Crippen LogP contribution in [0.1, 0.15) is 19.3 Å². The van der Waals surface area contributed by atoms with E-state index < -0.39 is 10.7 Å². The normalized spacial score (nSPS) is 9.65. The summed E-state index contributed by atoms with van der Waals surface area (Å²) >= 11 is 0. The van der Waals surface area contributed by atoms with E-state index in [2.05, 4.69) is 5.32 Å². The van der Waals surface area contributed by atoms with Gasteiger partial charge >= 0.3 is 0 Å². The highest BCUT2D eigenvalue weighted by atomic mass is 19.1. The zero-order chi connectivity index (χ0) is 12.7. The first kappa shape index (κ1) is 12.9. The maximum Gasteiger partial charge on any atom is 0.295 e. The highest BCUT2D eigenvalue weighted by Crippen LogP contribution is 2.24. The number of nitrogens with zero attached hydrogens (tertiary/aromatic N) is 2. The van der Waals surface area contributed by atoms with E-state index in [1.165, 1.54) is 12.1 Å². The average molecular weight is 237 g/mol. The van der Waals surface area contributed by atoms with Gasteiger partial charge in [-0.3, -0.25) is 10.1 Å². The number of hydrogen-bond donors (Lipinski definition) is 1. The van der Waals surface area contributed by atoms with E-state index in [1.807, 2.05) is 6.07 Å². The summed E-state index contributed by atoms with van der Waals surface area (Å²) in [6.07, 6.45) is 1.94. The Labute approximate surface area is 98.0 Å². The summed E-state index contributed by atoms with van der Waals surface area (Å²) in [6, 6.07) is 5.42. The van der Waals surface area contributed by atoms with Crippen LogP contribution in [0.15, 0.2) is 18.2 Å². The monoisotopic (exact) mass is 237 g/mol. The lowest BCUT2D eigenvalue weighted by atomic mass is 10.2. The number of benzene rings is 1. The molecule has 1 N–H and O–H groups in total. The second-order valence-electron chi connectivity index (χ2n) is 3.46. The van der Waals surface area contributed by atoms with E-state index in [0.717, 1.165) is 18.9 Å². The van der Waals surface area contributed by atoms with E-state index in [-0.39, 0.29) is 5.69 Å². The van der Waals surface area contributed by atoms with E-state index in [9.17, 15) is 14.5 Å². The molecule has 0 fully saturated rings. The molecule has 5 nitrogen and oxygen atoms in total. The molecule has 6 heteroatoms. The van der Waals surface area contributed by atoms with Crippen LogP contribution < -0.4 is 5.32 Å². The number of nitro groups is 1. The zero-order valence-electron chi connectivity index (χ0n) is 9.15. The molecule has 0 saturated carbocycles. The number of nitro benzene ring substituents is 1. The molecule has 1 rings (SSSR count). The zero-order valence-corrected chi connectivity index (χ0v) is 9.15. The molecule has 0 amide bonds. The Balaban J connectivity index is 2.59. The van der Waals surface area contributed by atoms with Gasteiger partial charge in [0.05, 0.1) is 17.1 Å². The first-order valence-corrected chi connectivity index (χ1v) is 5.20. The molecule has 0 aromatic heterocycles. The van der Waals surface area contributed by atoms with Crippen molar-refractivity contribution in [2.75, 3.05) is 11.9 Å². The molecule has 0 heterocycles. The lowest BCUT2D eigenvalue weighted by Crippen LogP contribution is -2.04. The average Bonchev–Trinajstić information content (AvgIpc) is 2.30. The minimum absolute atomic E-state index is 0.273. The molecular weight excluding hydrogens is 225 g/mol. The van der Waals surface area contributed by atoms with Crippen molar-refractivity contribution in [1.29, 1.82) is 5.26 Å². The van der Waals surface area contributed by atoms with Crippen LogP contribution in [0.25, 0.3) is 0 Å². The van der Waals surface area contributed by atoms with Gasteiger partial charge in [-0.2, -0.15) is 5.26 Å². The van der Waals surface area contributed by atoms with Gasteiger partial charge in [0.1, 0.15) is 11.5 Å². The third-order valence-corrected chi connectivity index (χ3v) is 2.19. The number of nitriles is 1. The smallest absolute Gasteiger partial charge is 0.295 e. The molecule has 90 valence electrons. The lowest BCUT2D eigenvalue weighted by molar-refractivity contribution is -0.384. The molecule has 0 atom stereocenters. The van der Waals surface area contributed by atoms with Gasteiger partial charge in [0.25, 0.3) is 5.69 Å². The van der Waals surface area contributed by atoms with Crippen LogP contribution in [0.5, 0.6) is 0 Å². The van der Waals surface area contributed by atoms with Gasteiger partial charge in [0, 0.05) is 13.0 Å². The van der Waals surface area contributed by atoms with Crippen molar-refractivity contribution in [1.82, 2.24) is 0 Å². The number of unbranched alkanes of at least 4 members (excludes halogenated alkanes) is 2. The Morgan fingerprint density at radius 3 is 2.88 bits per heavy atom. The Morgan fingerprint density at radius 2 is 2.24 bits per heavy atom.